The first kappa shape index (κ1) is 17.1. The lowest BCUT2D eigenvalue weighted by molar-refractivity contribution is -0.119. The minimum atomic E-state index is -0.506. The molecule has 2 aromatic rings. The molecule has 0 aliphatic heterocycles. The number of hydrogen-bond donors (Lipinski definition) is 1. The average Bonchev–Trinajstić information content (AvgIpc) is 2.57. The zero-order chi connectivity index (χ0) is 16.8. The number of esters is 1. The first-order valence-corrected chi connectivity index (χ1v) is 8.41. The Bertz CT molecular complexity index is 711. The predicted octanol–water partition coefficient (Wildman–Crippen LogP) is 3.82. The van der Waals surface area contributed by atoms with Crippen LogP contribution in [-0.2, 0) is 9.53 Å². The van der Waals surface area contributed by atoms with Crippen LogP contribution in [0.25, 0.3) is 0 Å². The standard InChI is InChI=1S/C18H19NO3S/c1-12-5-4-6-16(13(12)2)19-17(20)11-22-18(21)14-7-9-15(23-3)10-8-14/h4-10H,11H2,1-3H3,(H,19,20). The van der Waals surface area contributed by atoms with Crippen LogP contribution in [0.1, 0.15) is 21.5 Å². The maximum atomic E-state index is 11.9. The molecule has 120 valence electrons. The molecule has 2 rings (SSSR count). The van der Waals surface area contributed by atoms with Crippen molar-refractivity contribution in [2.75, 3.05) is 18.2 Å². The molecule has 1 N–H and O–H groups in total. The summed E-state index contributed by atoms with van der Waals surface area (Å²) in [5, 5.41) is 2.76. The van der Waals surface area contributed by atoms with Gasteiger partial charge in [-0.15, -0.1) is 11.8 Å². The number of thioether (sulfide) groups is 1. The van der Waals surface area contributed by atoms with E-state index in [1.54, 1.807) is 23.9 Å². The van der Waals surface area contributed by atoms with Gasteiger partial charge in [-0.05, 0) is 61.6 Å². The summed E-state index contributed by atoms with van der Waals surface area (Å²) in [5.41, 5.74) is 3.26. The highest BCUT2D eigenvalue weighted by molar-refractivity contribution is 7.98. The van der Waals surface area contributed by atoms with E-state index in [1.807, 2.05) is 50.4 Å². The van der Waals surface area contributed by atoms with Crippen molar-refractivity contribution in [3.63, 3.8) is 0 Å². The van der Waals surface area contributed by atoms with Crippen molar-refractivity contribution in [1.29, 1.82) is 0 Å². The van der Waals surface area contributed by atoms with Gasteiger partial charge in [-0.25, -0.2) is 4.79 Å². The second-order valence-corrected chi connectivity index (χ2v) is 5.98. The zero-order valence-corrected chi connectivity index (χ0v) is 14.2. The van der Waals surface area contributed by atoms with Crippen LogP contribution < -0.4 is 5.32 Å². The Hall–Kier alpha value is -2.27. The van der Waals surface area contributed by atoms with Gasteiger partial charge in [0.15, 0.2) is 6.61 Å². The fraction of sp³-hybridized carbons (Fsp3) is 0.222. The molecule has 2 aromatic carbocycles. The number of ether oxygens (including phenoxy) is 1. The van der Waals surface area contributed by atoms with Crippen LogP contribution >= 0.6 is 11.8 Å². The SMILES string of the molecule is CSc1ccc(C(=O)OCC(=O)Nc2cccc(C)c2C)cc1. The first-order valence-electron chi connectivity index (χ1n) is 7.18. The number of nitrogens with one attached hydrogen (secondary N) is 1. The first-order chi connectivity index (χ1) is 11.0. The molecule has 0 bridgehead atoms. The number of rotatable bonds is 5. The van der Waals surface area contributed by atoms with Gasteiger partial charge in [0, 0.05) is 10.6 Å². The van der Waals surface area contributed by atoms with Crippen molar-refractivity contribution in [2.24, 2.45) is 0 Å². The molecular formula is C18H19NO3S. The maximum Gasteiger partial charge on any atom is 0.338 e. The van der Waals surface area contributed by atoms with E-state index in [0.29, 0.717) is 5.56 Å². The van der Waals surface area contributed by atoms with Crippen LogP contribution in [0, 0.1) is 13.8 Å². The molecule has 0 radical (unpaired) electrons. The highest BCUT2D eigenvalue weighted by Gasteiger charge is 2.11. The van der Waals surface area contributed by atoms with E-state index in [0.717, 1.165) is 21.7 Å². The quantitative estimate of drug-likeness (QED) is 0.669. The molecule has 0 saturated carbocycles. The minimum absolute atomic E-state index is 0.309. The Labute approximate surface area is 140 Å². The molecule has 0 atom stereocenters. The molecule has 0 saturated heterocycles. The van der Waals surface area contributed by atoms with Crippen molar-refractivity contribution in [1.82, 2.24) is 0 Å². The molecule has 0 aliphatic rings. The van der Waals surface area contributed by atoms with E-state index in [9.17, 15) is 9.59 Å². The van der Waals surface area contributed by atoms with E-state index in [1.165, 1.54) is 0 Å². The lowest BCUT2D eigenvalue weighted by Gasteiger charge is -2.10. The van der Waals surface area contributed by atoms with Crippen molar-refractivity contribution in [3.8, 4) is 0 Å². The third-order valence-corrected chi connectivity index (χ3v) is 4.28. The van der Waals surface area contributed by atoms with Gasteiger partial charge in [-0.2, -0.15) is 0 Å². The van der Waals surface area contributed by atoms with E-state index in [4.69, 9.17) is 4.74 Å². The number of benzene rings is 2. The van der Waals surface area contributed by atoms with Gasteiger partial charge in [0.25, 0.3) is 5.91 Å². The number of hydrogen-bond acceptors (Lipinski definition) is 4. The fourth-order valence-electron chi connectivity index (χ4n) is 2.01. The van der Waals surface area contributed by atoms with Gasteiger partial charge in [0.2, 0.25) is 0 Å². The van der Waals surface area contributed by atoms with Gasteiger partial charge in [0.05, 0.1) is 5.56 Å². The summed E-state index contributed by atoms with van der Waals surface area (Å²) in [6.07, 6.45) is 1.96. The summed E-state index contributed by atoms with van der Waals surface area (Å²) in [4.78, 5) is 24.9. The molecule has 0 aromatic heterocycles. The van der Waals surface area contributed by atoms with E-state index >= 15 is 0 Å². The Morgan fingerprint density at radius 1 is 1.09 bits per heavy atom. The van der Waals surface area contributed by atoms with Crippen LogP contribution in [0.4, 0.5) is 5.69 Å². The van der Waals surface area contributed by atoms with Crippen LogP contribution in [0.15, 0.2) is 47.4 Å². The summed E-state index contributed by atoms with van der Waals surface area (Å²) < 4.78 is 5.05. The summed E-state index contributed by atoms with van der Waals surface area (Å²) >= 11 is 1.59. The third kappa shape index (κ3) is 4.60. The van der Waals surface area contributed by atoms with Crippen LogP contribution in [0.3, 0.4) is 0 Å². The van der Waals surface area contributed by atoms with E-state index in [-0.39, 0.29) is 12.5 Å². The molecule has 0 unspecified atom stereocenters. The molecule has 1 amide bonds. The van der Waals surface area contributed by atoms with Gasteiger partial charge in [0.1, 0.15) is 0 Å². The second-order valence-electron chi connectivity index (χ2n) is 5.10. The minimum Gasteiger partial charge on any atom is -0.452 e. The second kappa shape index (κ2) is 7.83. The maximum absolute atomic E-state index is 11.9. The largest absolute Gasteiger partial charge is 0.452 e. The van der Waals surface area contributed by atoms with Crippen LogP contribution in [0.5, 0.6) is 0 Å². The summed E-state index contributed by atoms with van der Waals surface area (Å²) in [6.45, 7) is 3.60. The highest BCUT2D eigenvalue weighted by atomic mass is 32.2. The number of anilines is 1. The van der Waals surface area contributed by atoms with Crippen molar-refractivity contribution >= 4 is 29.3 Å². The van der Waals surface area contributed by atoms with Crippen molar-refractivity contribution in [2.45, 2.75) is 18.7 Å². The molecule has 0 heterocycles. The van der Waals surface area contributed by atoms with E-state index < -0.39 is 5.97 Å². The van der Waals surface area contributed by atoms with Crippen LogP contribution in [-0.4, -0.2) is 24.7 Å². The highest BCUT2D eigenvalue weighted by Crippen LogP contribution is 2.18. The number of amides is 1. The van der Waals surface area contributed by atoms with Gasteiger partial charge >= 0.3 is 5.97 Å². The summed E-state index contributed by atoms with van der Waals surface area (Å²) in [5.74, 6) is -0.860. The van der Waals surface area contributed by atoms with Gasteiger partial charge in [-0.1, -0.05) is 12.1 Å². The van der Waals surface area contributed by atoms with Crippen LogP contribution in [0.2, 0.25) is 0 Å². The van der Waals surface area contributed by atoms with Gasteiger partial charge < -0.3 is 10.1 Å². The molecule has 4 nitrogen and oxygen atoms in total. The topological polar surface area (TPSA) is 55.4 Å². The molecule has 0 aliphatic carbocycles. The predicted molar refractivity (Wildman–Crippen MR) is 93.1 cm³/mol. The lowest BCUT2D eigenvalue weighted by atomic mass is 10.1. The van der Waals surface area contributed by atoms with Crippen molar-refractivity contribution < 1.29 is 14.3 Å². The van der Waals surface area contributed by atoms with E-state index in [2.05, 4.69) is 5.32 Å². The normalized spacial score (nSPS) is 10.2. The average molecular weight is 329 g/mol. The smallest absolute Gasteiger partial charge is 0.338 e. The Balaban J connectivity index is 1.90. The third-order valence-electron chi connectivity index (χ3n) is 3.54. The number of aryl methyl sites for hydroxylation is 1. The fourth-order valence-corrected chi connectivity index (χ4v) is 2.42. The number of carbonyl (C=O) groups excluding carboxylic acids is 2. The summed E-state index contributed by atoms with van der Waals surface area (Å²) in [7, 11) is 0. The Morgan fingerprint density at radius 3 is 2.43 bits per heavy atom. The molecule has 5 heteroatoms. The Morgan fingerprint density at radius 2 is 1.78 bits per heavy atom. The van der Waals surface area contributed by atoms with Gasteiger partial charge in [-0.3, -0.25) is 4.79 Å². The lowest BCUT2D eigenvalue weighted by Crippen LogP contribution is -2.21. The zero-order valence-electron chi connectivity index (χ0n) is 13.4. The Kier molecular flexibility index (Phi) is 5.82. The molecule has 0 fully saturated rings. The monoisotopic (exact) mass is 329 g/mol. The molecular weight excluding hydrogens is 310 g/mol. The number of carbonyl (C=O) groups is 2. The molecule has 0 spiro atoms. The summed E-state index contributed by atoms with van der Waals surface area (Å²) in [6, 6.07) is 12.7. The van der Waals surface area contributed by atoms with Crippen molar-refractivity contribution in [3.05, 3.63) is 59.2 Å². The molecule has 23 heavy (non-hydrogen) atoms.